The second-order valence-corrected chi connectivity index (χ2v) is 7.66. The highest BCUT2D eigenvalue weighted by atomic mass is 19.1. The van der Waals surface area contributed by atoms with E-state index in [4.69, 9.17) is 4.74 Å². The third kappa shape index (κ3) is 3.30. The zero-order chi connectivity index (χ0) is 20.6. The van der Waals surface area contributed by atoms with Crippen molar-refractivity contribution in [3.8, 4) is 5.75 Å². The summed E-state index contributed by atoms with van der Waals surface area (Å²) >= 11 is 0. The van der Waals surface area contributed by atoms with Crippen molar-refractivity contribution in [1.82, 2.24) is 9.80 Å². The largest absolute Gasteiger partial charge is 0.489 e. The van der Waals surface area contributed by atoms with Crippen molar-refractivity contribution < 1.29 is 23.8 Å². The molecule has 1 N–H and O–H groups in total. The van der Waals surface area contributed by atoms with Gasteiger partial charge in [0.2, 0.25) is 5.91 Å². The molecule has 0 bridgehead atoms. The third-order valence-electron chi connectivity index (χ3n) is 6.03. The van der Waals surface area contributed by atoms with Gasteiger partial charge >= 0.3 is 6.09 Å². The Labute approximate surface area is 168 Å². The average molecular weight is 398 g/mol. The van der Waals surface area contributed by atoms with Crippen LogP contribution in [0.5, 0.6) is 5.75 Å². The molecule has 2 heterocycles. The van der Waals surface area contributed by atoms with E-state index in [0.29, 0.717) is 37.1 Å². The molecule has 2 aliphatic heterocycles. The summed E-state index contributed by atoms with van der Waals surface area (Å²) in [7, 11) is 1.71. The molecule has 0 radical (unpaired) electrons. The van der Waals surface area contributed by atoms with Crippen LogP contribution in [0.15, 0.2) is 48.5 Å². The molecule has 6 nitrogen and oxygen atoms in total. The topological polar surface area (TPSA) is 70.1 Å². The van der Waals surface area contributed by atoms with Crippen molar-refractivity contribution in [2.75, 3.05) is 13.6 Å². The number of carboxylic acid groups (broad SMARTS) is 1. The van der Waals surface area contributed by atoms with Crippen LogP contribution < -0.4 is 4.74 Å². The number of hydrogen-bond acceptors (Lipinski definition) is 3. The maximum atomic E-state index is 13.7. The van der Waals surface area contributed by atoms with E-state index in [2.05, 4.69) is 0 Å². The summed E-state index contributed by atoms with van der Waals surface area (Å²) in [5.74, 6) is 0.138. The van der Waals surface area contributed by atoms with Gasteiger partial charge in [0.1, 0.15) is 23.7 Å². The molecule has 7 heteroatoms. The lowest BCUT2D eigenvalue weighted by atomic mass is 9.94. The van der Waals surface area contributed by atoms with Gasteiger partial charge in [-0.1, -0.05) is 30.3 Å². The highest BCUT2D eigenvalue weighted by molar-refractivity contribution is 5.92. The fraction of sp³-hybridized carbons (Fsp3) is 0.364. The summed E-state index contributed by atoms with van der Waals surface area (Å²) in [6.45, 7) is 0.679. The molecule has 2 amide bonds. The summed E-state index contributed by atoms with van der Waals surface area (Å²) in [6.07, 6.45) is 0.575. The van der Waals surface area contributed by atoms with E-state index in [1.54, 1.807) is 42.3 Å². The molecule has 2 aromatic rings. The molecular weight excluding hydrogens is 375 g/mol. The van der Waals surface area contributed by atoms with Crippen LogP contribution >= 0.6 is 0 Å². The molecule has 152 valence electrons. The lowest BCUT2D eigenvalue weighted by Gasteiger charge is -2.34. The molecular formula is C22H23FN2O4. The minimum absolute atomic E-state index is 0.112. The predicted octanol–water partition coefficient (Wildman–Crippen LogP) is 3.82. The molecule has 0 unspecified atom stereocenters. The van der Waals surface area contributed by atoms with Gasteiger partial charge in [-0.25, -0.2) is 9.18 Å². The number of rotatable bonds is 4. The Bertz CT molecular complexity index is 933. The highest BCUT2D eigenvalue weighted by Crippen LogP contribution is 2.47. The molecule has 0 aromatic heterocycles. The van der Waals surface area contributed by atoms with Gasteiger partial charge in [0.15, 0.2) is 0 Å². The summed E-state index contributed by atoms with van der Waals surface area (Å²) in [5.41, 5.74) is 0.339. The van der Waals surface area contributed by atoms with E-state index in [0.717, 1.165) is 5.56 Å². The van der Waals surface area contributed by atoms with Gasteiger partial charge in [0.05, 0.1) is 6.04 Å². The minimum Gasteiger partial charge on any atom is -0.489 e. The Balaban J connectivity index is 1.51. The Morgan fingerprint density at radius 2 is 1.93 bits per heavy atom. The van der Waals surface area contributed by atoms with Crippen molar-refractivity contribution in [2.45, 2.75) is 37.5 Å². The first-order chi connectivity index (χ1) is 13.9. The third-order valence-corrected chi connectivity index (χ3v) is 6.03. The number of halogens is 1. The number of carbonyl (C=O) groups is 2. The van der Waals surface area contributed by atoms with Crippen LogP contribution in [-0.4, -0.2) is 46.0 Å². The van der Waals surface area contributed by atoms with Crippen molar-refractivity contribution >= 4 is 12.0 Å². The fourth-order valence-corrected chi connectivity index (χ4v) is 4.49. The first kappa shape index (κ1) is 19.2. The molecule has 1 spiro atoms. The average Bonchev–Trinajstić information content (AvgIpc) is 3.24. The van der Waals surface area contributed by atoms with Crippen molar-refractivity contribution in [3.05, 3.63) is 65.5 Å². The number of ether oxygens (including phenoxy) is 1. The lowest BCUT2D eigenvalue weighted by Crippen LogP contribution is -2.52. The second kappa shape index (κ2) is 7.39. The zero-order valence-electron chi connectivity index (χ0n) is 16.2. The first-order valence-corrected chi connectivity index (χ1v) is 9.66. The molecule has 2 atom stereocenters. The van der Waals surface area contributed by atoms with Crippen LogP contribution in [0.2, 0.25) is 0 Å². The number of carbonyl (C=O) groups excluding carboxylic acids is 1. The highest BCUT2D eigenvalue weighted by Gasteiger charge is 2.58. The van der Waals surface area contributed by atoms with Crippen LogP contribution in [0.25, 0.3) is 0 Å². The van der Waals surface area contributed by atoms with Gasteiger partial charge in [-0.05, 0) is 43.0 Å². The van der Waals surface area contributed by atoms with Crippen molar-refractivity contribution in [2.24, 2.45) is 0 Å². The van der Waals surface area contributed by atoms with Gasteiger partial charge < -0.3 is 14.7 Å². The van der Waals surface area contributed by atoms with E-state index >= 15 is 0 Å². The summed E-state index contributed by atoms with van der Waals surface area (Å²) in [5, 5.41) is 9.86. The van der Waals surface area contributed by atoms with E-state index in [-0.39, 0.29) is 24.4 Å². The Hall–Kier alpha value is -3.09. The number of hydrogen-bond donors (Lipinski definition) is 1. The second-order valence-electron chi connectivity index (χ2n) is 7.66. The number of likely N-dealkylation sites (tertiary alicyclic amines) is 2. The smallest absolute Gasteiger partial charge is 0.408 e. The van der Waals surface area contributed by atoms with Crippen molar-refractivity contribution in [1.29, 1.82) is 0 Å². The first-order valence-electron chi connectivity index (χ1n) is 9.66. The SMILES string of the molecule is CN1CC[C@]2(CC[C@H](c3ccc(OCc4ccccc4F)cc3)N2C(=O)O)C1=O. The number of nitrogens with zero attached hydrogens (tertiary/aromatic N) is 2. The molecule has 0 aliphatic carbocycles. The van der Waals surface area contributed by atoms with Crippen LogP contribution in [0.4, 0.5) is 9.18 Å². The zero-order valence-corrected chi connectivity index (χ0v) is 16.2. The van der Waals surface area contributed by atoms with Gasteiger partial charge in [-0.3, -0.25) is 9.69 Å². The lowest BCUT2D eigenvalue weighted by molar-refractivity contribution is -0.135. The van der Waals surface area contributed by atoms with Crippen LogP contribution in [0.3, 0.4) is 0 Å². The summed E-state index contributed by atoms with van der Waals surface area (Å²) in [6, 6.07) is 13.2. The molecule has 4 rings (SSSR count). The normalized spacial score (nSPS) is 23.8. The minimum atomic E-state index is -1.07. The molecule has 2 saturated heterocycles. The number of amides is 2. The van der Waals surface area contributed by atoms with E-state index < -0.39 is 11.6 Å². The van der Waals surface area contributed by atoms with Gasteiger partial charge in [-0.15, -0.1) is 0 Å². The number of likely N-dealkylation sites (N-methyl/N-ethyl adjacent to an activating group) is 1. The van der Waals surface area contributed by atoms with Crippen LogP contribution in [-0.2, 0) is 11.4 Å². The summed E-state index contributed by atoms with van der Waals surface area (Å²) < 4.78 is 19.4. The fourth-order valence-electron chi connectivity index (χ4n) is 4.49. The predicted molar refractivity (Wildman–Crippen MR) is 104 cm³/mol. The van der Waals surface area contributed by atoms with Gasteiger partial charge in [0, 0.05) is 19.2 Å². The Morgan fingerprint density at radius 1 is 1.21 bits per heavy atom. The number of benzene rings is 2. The quantitative estimate of drug-likeness (QED) is 0.850. The maximum Gasteiger partial charge on any atom is 0.408 e. The van der Waals surface area contributed by atoms with Gasteiger partial charge in [0.25, 0.3) is 0 Å². The van der Waals surface area contributed by atoms with Crippen LogP contribution in [0, 0.1) is 5.82 Å². The van der Waals surface area contributed by atoms with Gasteiger partial charge in [-0.2, -0.15) is 0 Å². The Morgan fingerprint density at radius 3 is 2.55 bits per heavy atom. The standard InChI is InChI=1S/C22H23FN2O4/c1-24-13-12-22(20(24)26)11-10-19(25(22)21(27)28)15-6-8-17(9-7-15)29-14-16-4-2-3-5-18(16)23/h2-9,19H,10-14H2,1H3,(H,27,28)/t19-,22-/m1/s1. The molecule has 2 fully saturated rings. The maximum absolute atomic E-state index is 13.7. The summed E-state index contributed by atoms with van der Waals surface area (Å²) in [4.78, 5) is 27.7. The monoisotopic (exact) mass is 398 g/mol. The van der Waals surface area contributed by atoms with Crippen molar-refractivity contribution in [3.63, 3.8) is 0 Å². The molecule has 2 aliphatic rings. The van der Waals surface area contributed by atoms with E-state index in [1.807, 2.05) is 12.1 Å². The molecule has 29 heavy (non-hydrogen) atoms. The Kier molecular flexibility index (Phi) is 4.90. The van der Waals surface area contributed by atoms with E-state index in [9.17, 15) is 19.1 Å². The molecule has 0 saturated carbocycles. The van der Waals surface area contributed by atoms with E-state index in [1.165, 1.54) is 11.0 Å². The molecule has 2 aromatic carbocycles. The van der Waals surface area contributed by atoms with Crippen LogP contribution in [0.1, 0.15) is 36.4 Å².